The number of methoxy groups -OCH3 is 2. The zero-order chi connectivity index (χ0) is 18.7. The molecule has 4 nitrogen and oxygen atoms in total. The Hall–Kier alpha value is -2.27. The van der Waals surface area contributed by atoms with Gasteiger partial charge in [0.1, 0.15) is 17.3 Å². The number of hydrogen-bond donors (Lipinski definition) is 0. The summed E-state index contributed by atoms with van der Waals surface area (Å²) >= 11 is 6.13. The molecule has 0 saturated heterocycles. The average molecular weight is 378 g/mol. The Labute approximate surface area is 157 Å². The van der Waals surface area contributed by atoms with Crippen molar-refractivity contribution in [2.45, 2.75) is 31.8 Å². The van der Waals surface area contributed by atoms with Crippen molar-refractivity contribution >= 4 is 17.5 Å². The fraction of sp³-hybridized carbons (Fsp3) is 0.350. The highest BCUT2D eigenvalue weighted by Crippen LogP contribution is 2.32. The smallest absolute Gasteiger partial charge is 0.227 e. The Morgan fingerprint density at radius 1 is 1.23 bits per heavy atom. The van der Waals surface area contributed by atoms with E-state index in [2.05, 4.69) is 0 Å². The number of rotatable bonds is 7. The molecule has 0 aromatic heterocycles. The van der Waals surface area contributed by atoms with Crippen LogP contribution in [0.2, 0.25) is 5.02 Å². The number of carbonyl (C=O) groups is 1. The summed E-state index contributed by atoms with van der Waals surface area (Å²) in [6, 6.07) is 10.1. The van der Waals surface area contributed by atoms with Crippen molar-refractivity contribution in [3.63, 3.8) is 0 Å². The Morgan fingerprint density at radius 2 is 2.00 bits per heavy atom. The summed E-state index contributed by atoms with van der Waals surface area (Å²) in [4.78, 5) is 14.6. The summed E-state index contributed by atoms with van der Waals surface area (Å²) in [7, 11) is 3.13. The molecule has 0 bridgehead atoms. The van der Waals surface area contributed by atoms with Crippen LogP contribution < -0.4 is 9.47 Å². The molecule has 1 saturated carbocycles. The molecule has 0 unspecified atom stereocenters. The van der Waals surface area contributed by atoms with Crippen molar-refractivity contribution in [1.29, 1.82) is 0 Å². The van der Waals surface area contributed by atoms with Crippen LogP contribution in [0.1, 0.15) is 24.0 Å². The Balaban J connectivity index is 1.80. The fourth-order valence-corrected chi connectivity index (χ4v) is 3.15. The molecular weight excluding hydrogens is 357 g/mol. The molecule has 26 heavy (non-hydrogen) atoms. The van der Waals surface area contributed by atoms with Crippen molar-refractivity contribution in [1.82, 2.24) is 4.90 Å². The van der Waals surface area contributed by atoms with Crippen LogP contribution in [0.25, 0.3) is 0 Å². The number of nitrogens with zero attached hydrogens (tertiary/aromatic N) is 1. The van der Waals surface area contributed by atoms with Gasteiger partial charge in [0, 0.05) is 28.3 Å². The third-order valence-corrected chi connectivity index (χ3v) is 4.89. The topological polar surface area (TPSA) is 38.8 Å². The molecule has 0 heterocycles. The molecule has 6 heteroatoms. The average Bonchev–Trinajstić information content (AvgIpc) is 3.46. The molecule has 2 aromatic rings. The number of halogens is 2. The van der Waals surface area contributed by atoms with E-state index in [1.165, 1.54) is 6.07 Å². The van der Waals surface area contributed by atoms with E-state index < -0.39 is 5.82 Å². The number of benzene rings is 2. The summed E-state index contributed by atoms with van der Waals surface area (Å²) in [6.45, 7) is 0.174. The third kappa shape index (κ3) is 4.10. The number of ether oxygens (including phenoxy) is 2. The summed E-state index contributed by atoms with van der Waals surface area (Å²) in [5, 5.41) is 0.338. The first-order valence-electron chi connectivity index (χ1n) is 8.46. The molecule has 0 aliphatic heterocycles. The van der Waals surface area contributed by atoms with Crippen molar-refractivity contribution in [2.75, 3.05) is 14.2 Å². The van der Waals surface area contributed by atoms with Crippen molar-refractivity contribution in [3.05, 3.63) is 58.4 Å². The summed E-state index contributed by atoms with van der Waals surface area (Å²) in [5.41, 5.74) is 1.12. The van der Waals surface area contributed by atoms with Crippen molar-refractivity contribution in [3.8, 4) is 11.5 Å². The first-order chi connectivity index (χ1) is 12.5. The normalized spacial score (nSPS) is 13.4. The van der Waals surface area contributed by atoms with Crippen LogP contribution in [0.4, 0.5) is 4.39 Å². The van der Waals surface area contributed by atoms with Gasteiger partial charge in [-0.2, -0.15) is 0 Å². The molecule has 138 valence electrons. The van der Waals surface area contributed by atoms with Gasteiger partial charge in [-0.25, -0.2) is 4.39 Å². The highest BCUT2D eigenvalue weighted by Gasteiger charge is 2.33. The second kappa shape index (κ2) is 7.96. The fourth-order valence-electron chi connectivity index (χ4n) is 2.92. The summed E-state index contributed by atoms with van der Waals surface area (Å²) in [5.74, 6) is 0.792. The van der Waals surface area contributed by atoms with E-state index in [4.69, 9.17) is 21.1 Å². The molecule has 0 N–H and O–H groups in total. The van der Waals surface area contributed by atoms with Crippen LogP contribution in [0.15, 0.2) is 36.4 Å². The van der Waals surface area contributed by atoms with Gasteiger partial charge in [0.2, 0.25) is 5.91 Å². The molecule has 1 amide bonds. The van der Waals surface area contributed by atoms with Gasteiger partial charge in [-0.05, 0) is 31.0 Å². The largest absolute Gasteiger partial charge is 0.497 e. The third-order valence-electron chi connectivity index (χ3n) is 4.53. The minimum Gasteiger partial charge on any atom is -0.497 e. The van der Waals surface area contributed by atoms with E-state index >= 15 is 0 Å². The van der Waals surface area contributed by atoms with E-state index in [1.54, 1.807) is 43.4 Å². The molecule has 2 aromatic carbocycles. The maximum atomic E-state index is 14.1. The highest BCUT2D eigenvalue weighted by atomic mass is 35.5. The van der Waals surface area contributed by atoms with Crippen LogP contribution >= 0.6 is 11.6 Å². The quantitative estimate of drug-likeness (QED) is 0.724. The lowest BCUT2D eigenvalue weighted by Gasteiger charge is -2.24. The van der Waals surface area contributed by atoms with E-state index in [0.29, 0.717) is 22.1 Å². The van der Waals surface area contributed by atoms with E-state index in [0.717, 1.165) is 18.4 Å². The van der Waals surface area contributed by atoms with Gasteiger partial charge in [-0.1, -0.05) is 23.7 Å². The van der Waals surface area contributed by atoms with Gasteiger partial charge in [-0.15, -0.1) is 0 Å². The predicted molar refractivity (Wildman–Crippen MR) is 98.2 cm³/mol. The Bertz CT molecular complexity index is 787. The summed E-state index contributed by atoms with van der Waals surface area (Å²) < 4.78 is 24.7. The van der Waals surface area contributed by atoms with Crippen LogP contribution in [-0.2, 0) is 17.8 Å². The van der Waals surface area contributed by atoms with Crippen molar-refractivity contribution in [2.24, 2.45) is 0 Å². The lowest BCUT2D eigenvalue weighted by atomic mass is 10.1. The molecule has 0 atom stereocenters. The van der Waals surface area contributed by atoms with Gasteiger partial charge in [-0.3, -0.25) is 4.79 Å². The van der Waals surface area contributed by atoms with Gasteiger partial charge in [0.05, 0.1) is 27.2 Å². The standard InChI is InChI=1S/C20H21ClFNO3/c1-25-15-9-6-13(19(11-15)26-2)10-20(24)23(14-7-8-14)12-16-17(21)4-3-5-18(16)22/h3-6,9,11,14H,7-8,10,12H2,1-2H3. The van der Waals surface area contributed by atoms with E-state index in [-0.39, 0.29) is 24.9 Å². The lowest BCUT2D eigenvalue weighted by Crippen LogP contribution is -2.34. The van der Waals surface area contributed by atoms with Crippen molar-refractivity contribution < 1.29 is 18.7 Å². The zero-order valence-corrected chi connectivity index (χ0v) is 15.6. The van der Waals surface area contributed by atoms with Crippen LogP contribution in [-0.4, -0.2) is 31.1 Å². The maximum absolute atomic E-state index is 14.1. The first-order valence-corrected chi connectivity index (χ1v) is 8.84. The molecule has 1 aliphatic carbocycles. The molecular formula is C20H21ClFNO3. The number of amides is 1. The monoisotopic (exact) mass is 377 g/mol. The van der Waals surface area contributed by atoms with Gasteiger partial charge in [0.25, 0.3) is 0 Å². The van der Waals surface area contributed by atoms with Gasteiger partial charge >= 0.3 is 0 Å². The van der Waals surface area contributed by atoms with Crippen LogP contribution in [0.3, 0.4) is 0 Å². The van der Waals surface area contributed by atoms with E-state index in [1.807, 2.05) is 6.07 Å². The molecule has 1 fully saturated rings. The molecule has 1 aliphatic rings. The number of carbonyl (C=O) groups excluding carboxylic acids is 1. The van der Waals surface area contributed by atoms with Crippen LogP contribution in [0, 0.1) is 5.82 Å². The molecule has 0 spiro atoms. The second-order valence-corrected chi connectivity index (χ2v) is 6.71. The van der Waals surface area contributed by atoms with E-state index in [9.17, 15) is 9.18 Å². The Morgan fingerprint density at radius 3 is 2.62 bits per heavy atom. The lowest BCUT2D eigenvalue weighted by molar-refractivity contribution is -0.131. The minimum absolute atomic E-state index is 0.0738. The first kappa shape index (κ1) is 18.5. The molecule has 3 rings (SSSR count). The Kier molecular flexibility index (Phi) is 5.67. The second-order valence-electron chi connectivity index (χ2n) is 6.31. The minimum atomic E-state index is -0.391. The summed E-state index contributed by atoms with van der Waals surface area (Å²) in [6.07, 6.45) is 2.03. The molecule has 0 radical (unpaired) electrons. The van der Waals surface area contributed by atoms with Crippen LogP contribution in [0.5, 0.6) is 11.5 Å². The SMILES string of the molecule is COc1ccc(CC(=O)N(Cc2c(F)cccc2Cl)C2CC2)c(OC)c1. The maximum Gasteiger partial charge on any atom is 0.227 e. The zero-order valence-electron chi connectivity index (χ0n) is 14.8. The van der Waals surface area contributed by atoms with Gasteiger partial charge < -0.3 is 14.4 Å². The highest BCUT2D eigenvalue weighted by molar-refractivity contribution is 6.31. The predicted octanol–water partition coefficient (Wildman–Crippen LogP) is 4.23. The van der Waals surface area contributed by atoms with Gasteiger partial charge in [0.15, 0.2) is 0 Å². The number of hydrogen-bond acceptors (Lipinski definition) is 3.